The van der Waals surface area contributed by atoms with Crippen LogP contribution in [0.4, 0.5) is 19.1 Å². The number of halogens is 3. The number of piperidine rings is 1. The molecule has 0 saturated carbocycles. The average molecular weight is 403 g/mol. The van der Waals surface area contributed by atoms with Crippen LogP contribution in [-0.2, 0) is 15.7 Å². The summed E-state index contributed by atoms with van der Waals surface area (Å²) in [4.78, 5) is 23.3. The van der Waals surface area contributed by atoms with E-state index in [9.17, 15) is 23.1 Å². The number of anilines is 1. The van der Waals surface area contributed by atoms with Gasteiger partial charge in [0.1, 0.15) is 6.10 Å². The summed E-state index contributed by atoms with van der Waals surface area (Å²) in [5.41, 5.74) is 4.73. The number of likely N-dealkylation sites (tertiary alicyclic amines) is 1. The van der Waals surface area contributed by atoms with Gasteiger partial charge in [-0.3, -0.25) is 4.79 Å². The van der Waals surface area contributed by atoms with Crippen LogP contribution in [-0.4, -0.2) is 76.4 Å². The number of carbonyl (C=O) groups excluding carboxylic acids is 1. The Bertz CT molecular complexity index is 686. The lowest BCUT2D eigenvalue weighted by molar-refractivity contribution is -0.141. The van der Waals surface area contributed by atoms with Gasteiger partial charge >= 0.3 is 6.18 Å². The fourth-order valence-electron chi connectivity index (χ4n) is 3.52. The molecular formula is C17H24F3N5O3. The van der Waals surface area contributed by atoms with Gasteiger partial charge in [0.25, 0.3) is 5.91 Å². The van der Waals surface area contributed by atoms with E-state index in [4.69, 9.17) is 10.5 Å². The van der Waals surface area contributed by atoms with E-state index in [2.05, 4.69) is 9.97 Å². The molecule has 0 aliphatic carbocycles. The van der Waals surface area contributed by atoms with Gasteiger partial charge in [-0.2, -0.15) is 13.2 Å². The summed E-state index contributed by atoms with van der Waals surface area (Å²) in [6.45, 7) is 3.12. The second kappa shape index (κ2) is 8.18. The molecule has 3 heterocycles. The summed E-state index contributed by atoms with van der Waals surface area (Å²) >= 11 is 0. The number of β-amino-alcohol motifs (C(OH)–C–C–N with tert-alkyl or cyclic N) is 1. The number of nitrogens with zero attached hydrogens (tertiary/aromatic N) is 4. The van der Waals surface area contributed by atoms with Crippen LogP contribution in [0.3, 0.4) is 0 Å². The maximum absolute atomic E-state index is 12.6. The monoisotopic (exact) mass is 403 g/mol. The zero-order valence-corrected chi connectivity index (χ0v) is 15.5. The maximum atomic E-state index is 12.6. The van der Waals surface area contributed by atoms with E-state index in [1.165, 1.54) is 0 Å². The molecule has 8 nitrogen and oxygen atoms in total. The molecule has 4 atom stereocenters. The Balaban J connectivity index is 1.59. The molecule has 0 radical (unpaired) electrons. The second-order valence-electron chi connectivity index (χ2n) is 7.26. The predicted octanol–water partition coefficient (Wildman–Crippen LogP) is 0.400. The highest BCUT2D eigenvalue weighted by Gasteiger charge is 2.41. The van der Waals surface area contributed by atoms with E-state index >= 15 is 0 Å². The van der Waals surface area contributed by atoms with Crippen LogP contribution in [0.25, 0.3) is 0 Å². The van der Waals surface area contributed by atoms with Crippen LogP contribution in [0, 0.1) is 0 Å². The summed E-state index contributed by atoms with van der Waals surface area (Å²) in [5.74, 6) is -0.0414. The number of hydrogen-bond donors (Lipinski definition) is 2. The van der Waals surface area contributed by atoms with Crippen LogP contribution in [0.5, 0.6) is 0 Å². The molecule has 2 unspecified atom stereocenters. The van der Waals surface area contributed by atoms with Gasteiger partial charge in [0.2, 0.25) is 5.95 Å². The fraction of sp³-hybridized carbons (Fsp3) is 0.706. The van der Waals surface area contributed by atoms with Gasteiger partial charge in [0, 0.05) is 44.5 Å². The van der Waals surface area contributed by atoms with Crippen molar-refractivity contribution in [1.29, 1.82) is 0 Å². The number of aliphatic hydroxyl groups is 1. The number of ether oxygens (including phenoxy) is 1. The Morgan fingerprint density at radius 2 is 2.00 bits per heavy atom. The van der Waals surface area contributed by atoms with Crippen LogP contribution in [0.2, 0.25) is 0 Å². The van der Waals surface area contributed by atoms with Crippen molar-refractivity contribution in [2.75, 3.05) is 31.1 Å². The van der Waals surface area contributed by atoms with Crippen molar-refractivity contribution < 1.29 is 27.8 Å². The second-order valence-corrected chi connectivity index (χ2v) is 7.26. The van der Waals surface area contributed by atoms with Crippen molar-refractivity contribution in [2.45, 2.75) is 50.2 Å². The molecule has 0 aromatic carbocycles. The van der Waals surface area contributed by atoms with E-state index in [0.29, 0.717) is 25.9 Å². The highest BCUT2D eigenvalue weighted by atomic mass is 19.4. The molecule has 28 heavy (non-hydrogen) atoms. The SMILES string of the molecule is CC(N)COC1CCN([C@H]2CCN(c3ncc(C(F)(F)F)cn3)C[C@H]2O)C1=O. The lowest BCUT2D eigenvalue weighted by Crippen LogP contribution is -2.55. The number of hydrogen-bond acceptors (Lipinski definition) is 7. The van der Waals surface area contributed by atoms with Gasteiger partial charge in [-0.05, 0) is 13.3 Å². The minimum Gasteiger partial charge on any atom is -0.389 e. The largest absolute Gasteiger partial charge is 0.419 e. The zero-order valence-electron chi connectivity index (χ0n) is 15.5. The normalized spacial score (nSPS) is 27.4. The molecule has 2 aliphatic rings. The van der Waals surface area contributed by atoms with E-state index in [1.807, 2.05) is 0 Å². The maximum Gasteiger partial charge on any atom is 0.419 e. The van der Waals surface area contributed by atoms with Gasteiger partial charge in [-0.15, -0.1) is 0 Å². The number of alkyl halides is 3. The number of nitrogens with two attached hydrogens (primary N) is 1. The fourth-order valence-corrected chi connectivity index (χ4v) is 3.52. The highest BCUT2D eigenvalue weighted by molar-refractivity contribution is 5.83. The average Bonchev–Trinajstić information content (AvgIpc) is 3.00. The number of aromatic nitrogens is 2. The smallest absolute Gasteiger partial charge is 0.389 e. The van der Waals surface area contributed by atoms with Crippen molar-refractivity contribution in [3.05, 3.63) is 18.0 Å². The van der Waals surface area contributed by atoms with Crippen molar-refractivity contribution in [2.24, 2.45) is 5.73 Å². The first-order valence-corrected chi connectivity index (χ1v) is 9.16. The lowest BCUT2D eigenvalue weighted by atomic mass is 10.0. The van der Waals surface area contributed by atoms with E-state index in [0.717, 1.165) is 12.4 Å². The van der Waals surface area contributed by atoms with Gasteiger partial charge in [0.05, 0.1) is 24.3 Å². The zero-order chi connectivity index (χ0) is 20.5. The molecule has 0 bridgehead atoms. The Kier molecular flexibility index (Phi) is 6.06. The van der Waals surface area contributed by atoms with Crippen molar-refractivity contribution >= 4 is 11.9 Å². The van der Waals surface area contributed by atoms with Crippen molar-refractivity contribution in [3.8, 4) is 0 Å². The van der Waals surface area contributed by atoms with Gasteiger partial charge in [-0.1, -0.05) is 0 Å². The van der Waals surface area contributed by atoms with E-state index in [-0.39, 0.29) is 37.1 Å². The first kappa shape index (κ1) is 20.7. The van der Waals surface area contributed by atoms with Crippen LogP contribution >= 0.6 is 0 Å². The van der Waals surface area contributed by atoms with E-state index < -0.39 is 23.9 Å². The third kappa shape index (κ3) is 4.53. The molecule has 11 heteroatoms. The van der Waals surface area contributed by atoms with Crippen LogP contribution in [0.1, 0.15) is 25.3 Å². The van der Waals surface area contributed by atoms with Gasteiger partial charge < -0.3 is 25.4 Å². The topological polar surface area (TPSA) is 105 Å². The van der Waals surface area contributed by atoms with Crippen molar-refractivity contribution in [3.63, 3.8) is 0 Å². The molecule has 2 aliphatic heterocycles. The number of carbonyl (C=O) groups is 1. The number of rotatable bonds is 5. The molecule has 1 aromatic heterocycles. The first-order chi connectivity index (χ1) is 13.2. The molecule has 2 fully saturated rings. The Labute approximate surface area is 160 Å². The molecule has 3 N–H and O–H groups in total. The highest BCUT2D eigenvalue weighted by Crippen LogP contribution is 2.29. The first-order valence-electron chi connectivity index (χ1n) is 9.16. The Hall–Kier alpha value is -1.98. The molecule has 1 amide bonds. The number of amides is 1. The molecule has 1 aromatic rings. The molecular weight excluding hydrogens is 379 g/mol. The third-order valence-corrected chi connectivity index (χ3v) is 4.95. The van der Waals surface area contributed by atoms with Crippen LogP contribution in [0.15, 0.2) is 12.4 Å². The van der Waals surface area contributed by atoms with Crippen molar-refractivity contribution in [1.82, 2.24) is 14.9 Å². The summed E-state index contributed by atoms with van der Waals surface area (Å²) in [6, 6.07) is -0.540. The summed E-state index contributed by atoms with van der Waals surface area (Å²) in [5, 5.41) is 10.5. The Morgan fingerprint density at radius 3 is 2.57 bits per heavy atom. The minimum atomic E-state index is -4.50. The van der Waals surface area contributed by atoms with Gasteiger partial charge in [0.15, 0.2) is 0 Å². The molecule has 2 saturated heterocycles. The summed E-state index contributed by atoms with van der Waals surface area (Å²) < 4.78 is 43.4. The summed E-state index contributed by atoms with van der Waals surface area (Å²) in [7, 11) is 0. The Morgan fingerprint density at radius 1 is 1.32 bits per heavy atom. The number of aliphatic hydroxyl groups excluding tert-OH is 1. The quantitative estimate of drug-likeness (QED) is 0.733. The minimum absolute atomic E-state index is 0.122. The molecule has 0 spiro atoms. The van der Waals surface area contributed by atoms with E-state index in [1.54, 1.807) is 16.7 Å². The van der Waals surface area contributed by atoms with Gasteiger partial charge in [-0.25, -0.2) is 9.97 Å². The lowest BCUT2D eigenvalue weighted by Gasteiger charge is -2.40. The molecule has 156 valence electrons. The summed E-state index contributed by atoms with van der Waals surface area (Å²) in [6.07, 6.45) is -3.46. The molecule has 3 rings (SSSR count). The van der Waals surface area contributed by atoms with Crippen LogP contribution < -0.4 is 10.6 Å². The third-order valence-electron chi connectivity index (χ3n) is 4.95. The predicted molar refractivity (Wildman–Crippen MR) is 93.4 cm³/mol. The standard InChI is InChI=1S/C17H24F3N5O3/c1-10(21)9-28-14-3-5-25(15(14)27)12-2-4-24(8-13(12)26)16-22-6-11(7-23-16)17(18,19)20/h6-7,10,12-14,26H,2-5,8-9,21H2,1H3/t10?,12-,13+,14?/m0/s1.